The van der Waals surface area contributed by atoms with Gasteiger partial charge in [-0.05, 0) is 35.9 Å². The Hall–Kier alpha value is -2.15. The SMILES string of the molecule is C=CC[NH+](CC(=O)NCc1ccc(C(=O)OC)cc1)Cc1ccc(Cl)s1. The van der Waals surface area contributed by atoms with Crippen LogP contribution in [0.15, 0.2) is 49.1 Å². The largest absolute Gasteiger partial charge is 0.465 e. The fraction of sp³-hybridized carbons (Fsp3) is 0.263. The Morgan fingerprint density at radius 2 is 2.00 bits per heavy atom. The van der Waals surface area contributed by atoms with E-state index in [1.165, 1.54) is 18.4 Å². The van der Waals surface area contributed by atoms with Crippen LogP contribution < -0.4 is 10.2 Å². The predicted octanol–water partition coefficient (Wildman–Crippen LogP) is 2.08. The third-order valence-corrected chi connectivity index (χ3v) is 4.99. The van der Waals surface area contributed by atoms with Gasteiger partial charge >= 0.3 is 5.97 Å². The van der Waals surface area contributed by atoms with Gasteiger partial charge in [-0.3, -0.25) is 4.79 Å². The quantitative estimate of drug-likeness (QED) is 0.506. The van der Waals surface area contributed by atoms with E-state index in [0.717, 1.165) is 26.2 Å². The zero-order chi connectivity index (χ0) is 18.9. The Morgan fingerprint density at radius 1 is 1.27 bits per heavy atom. The molecule has 1 aromatic heterocycles. The first-order chi connectivity index (χ1) is 12.5. The highest BCUT2D eigenvalue weighted by Gasteiger charge is 2.15. The first kappa shape index (κ1) is 20.2. The number of halogens is 1. The number of quaternary nitrogens is 1. The van der Waals surface area contributed by atoms with Gasteiger partial charge in [0.05, 0.1) is 28.4 Å². The number of hydrogen-bond acceptors (Lipinski definition) is 4. The maximum absolute atomic E-state index is 12.3. The number of methoxy groups -OCH3 is 1. The number of carbonyl (C=O) groups is 2. The number of nitrogens with one attached hydrogen (secondary N) is 2. The minimum Gasteiger partial charge on any atom is -0.465 e. The van der Waals surface area contributed by atoms with Gasteiger partial charge in [-0.15, -0.1) is 11.3 Å². The zero-order valence-electron chi connectivity index (χ0n) is 14.6. The van der Waals surface area contributed by atoms with E-state index in [1.54, 1.807) is 24.3 Å². The van der Waals surface area contributed by atoms with Gasteiger partial charge in [0.2, 0.25) is 0 Å². The van der Waals surface area contributed by atoms with Crippen molar-refractivity contribution in [3.05, 3.63) is 69.4 Å². The van der Waals surface area contributed by atoms with Gasteiger partial charge in [0.1, 0.15) is 6.54 Å². The van der Waals surface area contributed by atoms with Crippen LogP contribution in [0.5, 0.6) is 0 Å². The summed E-state index contributed by atoms with van der Waals surface area (Å²) in [6.07, 6.45) is 1.81. The molecule has 1 unspecified atom stereocenters. The van der Waals surface area contributed by atoms with E-state index in [2.05, 4.69) is 16.6 Å². The average Bonchev–Trinajstić information content (AvgIpc) is 3.04. The molecule has 1 heterocycles. The number of hydrogen-bond donors (Lipinski definition) is 2. The molecule has 0 saturated heterocycles. The molecular formula is C19H22ClN2O3S+. The van der Waals surface area contributed by atoms with Crippen molar-refractivity contribution in [3.8, 4) is 0 Å². The fourth-order valence-electron chi connectivity index (χ4n) is 2.47. The third-order valence-electron chi connectivity index (χ3n) is 3.76. The minimum absolute atomic E-state index is 0.0402. The highest BCUT2D eigenvalue weighted by Crippen LogP contribution is 2.20. The Balaban J connectivity index is 1.85. The van der Waals surface area contributed by atoms with E-state index in [9.17, 15) is 9.59 Å². The Kier molecular flexibility index (Phi) is 7.84. The van der Waals surface area contributed by atoms with Gasteiger partial charge in [0.15, 0.2) is 6.54 Å². The Morgan fingerprint density at radius 3 is 2.58 bits per heavy atom. The normalized spacial score (nSPS) is 11.6. The lowest BCUT2D eigenvalue weighted by Crippen LogP contribution is -3.11. The van der Waals surface area contributed by atoms with Gasteiger partial charge in [0, 0.05) is 6.54 Å². The molecule has 0 aliphatic carbocycles. The standard InChI is InChI=1S/C19H21ClN2O3S/c1-3-10-22(12-16-8-9-17(20)26-16)13-18(23)21-11-14-4-6-15(7-5-14)19(24)25-2/h3-9H,1,10-13H2,2H3,(H,21,23)/p+1. The molecule has 0 bridgehead atoms. The van der Waals surface area contributed by atoms with Crippen LogP contribution in [0.4, 0.5) is 0 Å². The van der Waals surface area contributed by atoms with E-state index in [-0.39, 0.29) is 11.9 Å². The molecule has 2 rings (SSSR count). The highest BCUT2D eigenvalue weighted by atomic mass is 35.5. The first-order valence-electron chi connectivity index (χ1n) is 8.14. The van der Waals surface area contributed by atoms with E-state index in [1.807, 2.05) is 18.2 Å². The summed E-state index contributed by atoms with van der Waals surface area (Å²) in [5.74, 6) is -0.417. The summed E-state index contributed by atoms with van der Waals surface area (Å²) in [5.41, 5.74) is 1.40. The maximum atomic E-state index is 12.3. The maximum Gasteiger partial charge on any atom is 0.337 e. The topological polar surface area (TPSA) is 59.8 Å². The highest BCUT2D eigenvalue weighted by molar-refractivity contribution is 7.16. The predicted molar refractivity (Wildman–Crippen MR) is 104 cm³/mol. The molecule has 5 nitrogen and oxygen atoms in total. The van der Waals surface area contributed by atoms with E-state index in [0.29, 0.717) is 25.2 Å². The average molecular weight is 394 g/mol. The molecule has 1 amide bonds. The lowest BCUT2D eigenvalue weighted by molar-refractivity contribution is -0.899. The number of benzene rings is 1. The van der Waals surface area contributed by atoms with Crippen molar-refractivity contribution in [1.29, 1.82) is 0 Å². The Labute approximate surface area is 162 Å². The lowest BCUT2D eigenvalue weighted by Gasteiger charge is -2.16. The van der Waals surface area contributed by atoms with Crippen LogP contribution in [0, 0.1) is 0 Å². The molecule has 0 spiro atoms. The van der Waals surface area contributed by atoms with Gasteiger partial charge in [-0.1, -0.05) is 30.3 Å². The molecule has 26 heavy (non-hydrogen) atoms. The molecule has 138 valence electrons. The summed E-state index contributed by atoms with van der Waals surface area (Å²) < 4.78 is 5.41. The van der Waals surface area contributed by atoms with Crippen LogP contribution in [-0.4, -0.2) is 32.1 Å². The molecule has 1 aromatic carbocycles. The lowest BCUT2D eigenvalue weighted by atomic mass is 10.1. The van der Waals surface area contributed by atoms with Gasteiger partial charge in [-0.2, -0.15) is 0 Å². The summed E-state index contributed by atoms with van der Waals surface area (Å²) in [6, 6.07) is 10.8. The van der Waals surface area contributed by atoms with Crippen molar-refractivity contribution in [3.63, 3.8) is 0 Å². The van der Waals surface area contributed by atoms with E-state index in [4.69, 9.17) is 11.6 Å². The number of amides is 1. The number of thiophene rings is 1. The molecular weight excluding hydrogens is 372 g/mol. The number of carbonyl (C=O) groups excluding carboxylic acids is 2. The summed E-state index contributed by atoms with van der Waals surface area (Å²) in [5, 5.41) is 2.91. The van der Waals surface area contributed by atoms with Crippen molar-refractivity contribution in [2.24, 2.45) is 0 Å². The second-order valence-electron chi connectivity index (χ2n) is 5.77. The Bertz CT molecular complexity index is 758. The summed E-state index contributed by atoms with van der Waals surface area (Å²) in [4.78, 5) is 25.9. The monoisotopic (exact) mass is 393 g/mol. The van der Waals surface area contributed by atoms with Crippen LogP contribution in [0.3, 0.4) is 0 Å². The minimum atomic E-state index is -0.377. The number of esters is 1. The smallest absolute Gasteiger partial charge is 0.337 e. The van der Waals surface area contributed by atoms with E-state index < -0.39 is 0 Å². The molecule has 0 saturated carbocycles. The summed E-state index contributed by atoms with van der Waals surface area (Å²) in [7, 11) is 1.35. The summed E-state index contributed by atoms with van der Waals surface area (Å²) in [6.45, 7) is 5.94. The molecule has 2 N–H and O–H groups in total. The van der Waals surface area contributed by atoms with Crippen molar-refractivity contribution in [2.45, 2.75) is 13.1 Å². The number of ether oxygens (including phenoxy) is 1. The van der Waals surface area contributed by atoms with Crippen LogP contribution in [-0.2, 0) is 22.6 Å². The molecule has 0 aliphatic rings. The molecule has 0 fully saturated rings. The van der Waals surface area contributed by atoms with Crippen molar-refractivity contribution in [2.75, 3.05) is 20.2 Å². The molecule has 1 atom stereocenters. The third kappa shape index (κ3) is 6.29. The van der Waals surface area contributed by atoms with Crippen LogP contribution in [0.1, 0.15) is 20.8 Å². The van der Waals surface area contributed by atoms with Crippen molar-refractivity contribution in [1.82, 2.24) is 5.32 Å². The summed E-state index contributed by atoms with van der Waals surface area (Å²) >= 11 is 7.49. The van der Waals surface area contributed by atoms with Crippen LogP contribution in [0.2, 0.25) is 4.34 Å². The molecule has 0 aliphatic heterocycles. The second-order valence-corrected chi connectivity index (χ2v) is 7.57. The van der Waals surface area contributed by atoms with E-state index >= 15 is 0 Å². The fourth-order valence-corrected chi connectivity index (χ4v) is 3.63. The van der Waals surface area contributed by atoms with Crippen LogP contribution in [0.25, 0.3) is 0 Å². The van der Waals surface area contributed by atoms with Gasteiger partial charge in [0.25, 0.3) is 5.91 Å². The van der Waals surface area contributed by atoms with Crippen LogP contribution >= 0.6 is 22.9 Å². The molecule has 2 aromatic rings. The van der Waals surface area contributed by atoms with Crippen molar-refractivity contribution < 1.29 is 19.2 Å². The molecule has 7 heteroatoms. The second kappa shape index (κ2) is 10.1. The van der Waals surface area contributed by atoms with Gasteiger partial charge in [-0.25, -0.2) is 4.79 Å². The zero-order valence-corrected chi connectivity index (χ0v) is 16.2. The number of rotatable bonds is 9. The molecule has 0 radical (unpaired) electrons. The first-order valence-corrected chi connectivity index (χ1v) is 9.34. The van der Waals surface area contributed by atoms with Crippen molar-refractivity contribution >= 4 is 34.8 Å². The van der Waals surface area contributed by atoms with Gasteiger partial charge < -0.3 is 15.0 Å².